The number of rotatable bonds is 6. The molecule has 1 rings (SSSR count). The zero-order valence-corrected chi connectivity index (χ0v) is 13.5. The van der Waals surface area contributed by atoms with Crippen molar-refractivity contribution in [2.24, 2.45) is 5.41 Å². The molecular weight excluding hydrogens is 279 g/mol. The number of benzene rings is 1. The molecule has 1 aromatic carbocycles. The number of nitrogens with zero attached hydrogens (tertiary/aromatic N) is 1. The molecule has 4 nitrogen and oxygen atoms in total. The summed E-state index contributed by atoms with van der Waals surface area (Å²) >= 11 is 0. The van der Waals surface area contributed by atoms with Crippen LogP contribution in [0.4, 0.5) is 4.39 Å². The summed E-state index contributed by atoms with van der Waals surface area (Å²) in [5, 5.41) is 0. The van der Waals surface area contributed by atoms with Gasteiger partial charge in [-0.1, -0.05) is 19.9 Å². The quantitative estimate of drug-likeness (QED) is 0.874. The fourth-order valence-corrected chi connectivity index (χ4v) is 3.64. The SMILES string of the molecule is Cc1ccc(F)cc1S(=O)(=O)NCC(C)(C)CN(C)C. The van der Waals surface area contributed by atoms with Crippen LogP contribution in [0.2, 0.25) is 0 Å². The van der Waals surface area contributed by atoms with Crippen molar-refractivity contribution in [3.05, 3.63) is 29.6 Å². The maximum atomic E-state index is 13.2. The molecule has 0 aromatic heterocycles. The molecule has 0 saturated heterocycles. The zero-order chi connectivity index (χ0) is 15.6. The van der Waals surface area contributed by atoms with Crippen LogP contribution in [0.5, 0.6) is 0 Å². The van der Waals surface area contributed by atoms with Gasteiger partial charge in [-0.15, -0.1) is 0 Å². The van der Waals surface area contributed by atoms with Gasteiger partial charge < -0.3 is 4.90 Å². The summed E-state index contributed by atoms with van der Waals surface area (Å²) in [5.74, 6) is -0.552. The Morgan fingerprint density at radius 1 is 1.30 bits per heavy atom. The van der Waals surface area contributed by atoms with E-state index >= 15 is 0 Å². The Morgan fingerprint density at radius 3 is 2.45 bits per heavy atom. The average molecular weight is 302 g/mol. The Hall–Kier alpha value is -0.980. The lowest BCUT2D eigenvalue weighted by Crippen LogP contribution is -2.40. The molecule has 0 aliphatic rings. The maximum Gasteiger partial charge on any atom is 0.240 e. The maximum absolute atomic E-state index is 13.2. The van der Waals surface area contributed by atoms with Gasteiger partial charge in [0.25, 0.3) is 0 Å². The van der Waals surface area contributed by atoms with Crippen molar-refractivity contribution in [2.45, 2.75) is 25.7 Å². The Bertz CT molecular complexity index is 569. The first-order chi connectivity index (χ1) is 9.03. The van der Waals surface area contributed by atoms with Gasteiger partial charge in [-0.25, -0.2) is 17.5 Å². The van der Waals surface area contributed by atoms with Gasteiger partial charge in [0.05, 0.1) is 4.90 Å². The lowest BCUT2D eigenvalue weighted by atomic mass is 9.93. The molecule has 0 saturated carbocycles. The molecule has 114 valence electrons. The molecule has 6 heteroatoms. The van der Waals surface area contributed by atoms with Crippen LogP contribution >= 0.6 is 0 Å². The van der Waals surface area contributed by atoms with Crippen molar-refractivity contribution in [3.63, 3.8) is 0 Å². The van der Waals surface area contributed by atoms with E-state index in [1.54, 1.807) is 6.92 Å². The molecule has 0 amide bonds. The van der Waals surface area contributed by atoms with Crippen LogP contribution < -0.4 is 4.72 Å². The fraction of sp³-hybridized carbons (Fsp3) is 0.571. The van der Waals surface area contributed by atoms with E-state index < -0.39 is 15.8 Å². The molecule has 1 N–H and O–H groups in total. The first-order valence-electron chi connectivity index (χ1n) is 6.44. The highest BCUT2D eigenvalue weighted by Crippen LogP contribution is 2.19. The molecule has 0 bridgehead atoms. The molecule has 0 atom stereocenters. The monoisotopic (exact) mass is 302 g/mol. The van der Waals surface area contributed by atoms with Crippen molar-refractivity contribution in [3.8, 4) is 0 Å². The largest absolute Gasteiger partial charge is 0.309 e. The van der Waals surface area contributed by atoms with E-state index in [4.69, 9.17) is 0 Å². The average Bonchev–Trinajstić information content (AvgIpc) is 2.28. The third kappa shape index (κ3) is 4.85. The van der Waals surface area contributed by atoms with Crippen molar-refractivity contribution in [1.82, 2.24) is 9.62 Å². The van der Waals surface area contributed by atoms with Gasteiger partial charge in [0.15, 0.2) is 0 Å². The number of aryl methyl sites for hydroxylation is 1. The van der Waals surface area contributed by atoms with Crippen LogP contribution in [0.1, 0.15) is 19.4 Å². The second kappa shape index (κ2) is 6.20. The molecule has 0 aliphatic carbocycles. The van der Waals surface area contributed by atoms with Crippen molar-refractivity contribution < 1.29 is 12.8 Å². The van der Waals surface area contributed by atoms with Gasteiger partial charge in [0, 0.05) is 13.1 Å². The van der Waals surface area contributed by atoms with Crippen LogP contribution in [-0.2, 0) is 10.0 Å². The molecule has 0 unspecified atom stereocenters. The third-order valence-electron chi connectivity index (χ3n) is 2.92. The summed E-state index contributed by atoms with van der Waals surface area (Å²) in [6, 6.07) is 3.77. The fourth-order valence-electron chi connectivity index (χ4n) is 2.14. The Labute approximate surface area is 121 Å². The highest BCUT2D eigenvalue weighted by atomic mass is 32.2. The molecule has 0 heterocycles. The van der Waals surface area contributed by atoms with Gasteiger partial charge in [-0.2, -0.15) is 0 Å². The highest BCUT2D eigenvalue weighted by Gasteiger charge is 2.24. The number of hydrogen-bond acceptors (Lipinski definition) is 3. The van der Waals surface area contributed by atoms with Crippen LogP contribution in [0, 0.1) is 18.2 Å². The first-order valence-corrected chi connectivity index (χ1v) is 7.92. The predicted molar refractivity (Wildman–Crippen MR) is 78.7 cm³/mol. The summed E-state index contributed by atoms with van der Waals surface area (Å²) in [6.45, 7) is 6.65. The lowest BCUT2D eigenvalue weighted by Gasteiger charge is -2.28. The number of nitrogens with one attached hydrogen (secondary N) is 1. The second-order valence-electron chi connectivity index (χ2n) is 6.14. The van der Waals surface area contributed by atoms with Crippen LogP contribution in [0.25, 0.3) is 0 Å². The topological polar surface area (TPSA) is 49.4 Å². The summed E-state index contributed by atoms with van der Waals surface area (Å²) in [7, 11) is 0.184. The Morgan fingerprint density at radius 2 is 1.90 bits per heavy atom. The first kappa shape index (κ1) is 17.1. The highest BCUT2D eigenvalue weighted by molar-refractivity contribution is 7.89. The van der Waals surface area contributed by atoms with E-state index in [2.05, 4.69) is 4.72 Å². The normalized spacial score (nSPS) is 12.9. The molecule has 0 fully saturated rings. The van der Waals surface area contributed by atoms with Crippen molar-refractivity contribution in [2.75, 3.05) is 27.2 Å². The van der Waals surface area contributed by atoms with Crippen LogP contribution in [-0.4, -0.2) is 40.5 Å². The molecule has 0 radical (unpaired) electrons. The van der Waals surface area contributed by atoms with Crippen LogP contribution in [0.15, 0.2) is 23.1 Å². The van der Waals surface area contributed by atoms with E-state index in [1.807, 2.05) is 32.8 Å². The van der Waals surface area contributed by atoms with E-state index in [1.165, 1.54) is 12.1 Å². The van der Waals surface area contributed by atoms with Gasteiger partial charge in [-0.3, -0.25) is 0 Å². The summed E-state index contributed by atoms with van der Waals surface area (Å²) < 4.78 is 40.3. The second-order valence-corrected chi connectivity index (χ2v) is 7.87. The van der Waals surface area contributed by atoms with E-state index in [0.717, 1.165) is 12.6 Å². The van der Waals surface area contributed by atoms with E-state index in [9.17, 15) is 12.8 Å². The summed E-state index contributed by atoms with van der Waals surface area (Å²) in [4.78, 5) is 2.00. The third-order valence-corrected chi connectivity index (χ3v) is 4.47. The standard InChI is InChI=1S/C14H23FN2O2S/c1-11-6-7-12(15)8-13(11)20(18,19)16-9-14(2,3)10-17(4)5/h6-8,16H,9-10H2,1-5H3. The van der Waals surface area contributed by atoms with Gasteiger partial charge >= 0.3 is 0 Å². The lowest BCUT2D eigenvalue weighted by molar-refractivity contribution is 0.242. The minimum Gasteiger partial charge on any atom is -0.309 e. The van der Waals surface area contributed by atoms with Gasteiger partial charge in [0.2, 0.25) is 10.0 Å². The predicted octanol–water partition coefficient (Wildman–Crippen LogP) is 2.00. The minimum atomic E-state index is -3.69. The Kier molecular flexibility index (Phi) is 5.29. The molecule has 0 spiro atoms. The van der Waals surface area contributed by atoms with E-state index in [-0.39, 0.29) is 10.3 Å². The summed E-state index contributed by atoms with van der Waals surface area (Å²) in [5.41, 5.74) is 0.321. The minimum absolute atomic E-state index is 0.00171. The van der Waals surface area contributed by atoms with Gasteiger partial charge in [0.1, 0.15) is 5.82 Å². The molecular formula is C14H23FN2O2S. The van der Waals surface area contributed by atoms with E-state index in [0.29, 0.717) is 12.1 Å². The van der Waals surface area contributed by atoms with Crippen LogP contribution in [0.3, 0.4) is 0 Å². The Balaban J connectivity index is 2.88. The van der Waals surface area contributed by atoms with Gasteiger partial charge in [-0.05, 0) is 44.1 Å². The van der Waals surface area contributed by atoms with Crippen molar-refractivity contribution in [1.29, 1.82) is 0 Å². The summed E-state index contributed by atoms with van der Waals surface area (Å²) in [6.07, 6.45) is 0. The number of hydrogen-bond donors (Lipinski definition) is 1. The van der Waals surface area contributed by atoms with Crippen molar-refractivity contribution >= 4 is 10.0 Å². The molecule has 1 aromatic rings. The smallest absolute Gasteiger partial charge is 0.240 e. The number of halogens is 1. The zero-order valence-electron chi connectivity index (χ0n) is 12.7. The molecule has 0 aliphatic heterocycles. The molecule has 20 heavy (non-hydrogen) atoms. The number of sulfonamides is 1.